The molecule has 0 aliphatic rings. The van der Waals surface area contributed by atoms with Gasteiger partial charge in [0.2, 0.25) is 0 Å². The van der Waals surface area contributed by atoms with Gasteiger partial charge in [0, 0.05) is 13.2 Å². The van der Waals surface area contributed by atoms with Crippen LogP contribution < -0.4 is 5.32 Å². The van der Waals surface area contributed by atoms with Crippen molar-refractivity contribution in [3.8, 4) is 0 Å². The lowest BCUT2D eigenvalue weighted by molar-refractivity contribution is 0.555. The average molecular weight is 243 g/mol. The van der Waals surface area contributed by atoms with Crippen molar-refractivity contribution in [2.45, 2.75) is 25.8 Å². The maximum absolute atomic E-state index is 4.18. The Morgan fingerprint density at radius 2 is 1.89 bits per heavy atom. The van der Waals surface area contributed by atoms with Gasteiger partial charge < -0.3 is 9.88 Å². The number of aryl methyl sites for hydroxylation is 2. The number of rotatable bonds is 5. The molecule has 2 rings (SSSR count). The SMILES string of the molecule is CCc1ccc(CC(NC)c2cncn2C)cc1. The van der Waals surface area contributed by atoms with Crippen LogP contribution in [-0.4, -0.2) is 16.6 Å². The van der Waals surface area contributed by atoms with Gasteiger partial charge in [-0.3, -0.25) is 0 Å². The monoisotopic (exact) mass is 243 g/mol. The molecule has 0 radical (unpaired) electrons. The van der Waals surface area contributed by atoms with Gasteiger partial charge in [-0.25, -0.2) is 4.98 Å². The second-order valence-corrected chi connectivity index (χ2v) is 4.64. The van der Waals surface area contributed by atoms with Crippen LogP contribution in [0.4, 0.5) is 0 Å². The van der Waals surface area contributed by atoms with Gasteiger partial charge in [0.1, 0.15) is 0 Å². The molecule has 1 heterocycles. The lowest BCUT2D eigenvalue weighted by atomic mass is 10.0. The Balaban J connectivity index is 2.13. The molecule has 0 saturated carbocycles. The lowest BCUT2D eigenvalue weighted by Gasteiger charge is -2.17. The number of nitrogens with one attached hydrogen (secondary N) is 1. The maximum atomic E-state index is 4.18. The summed E-state index contributed by atoms with van der Waals surface area (Å²) < 4.78 is 2.07. The zero-order valence-electron chi connectivity index (χ0n) is 11.4. The van der Waals surface area contributed by atoms with Crippen LogP contribution in [0.3, 0.4) is 0 Å². The van der Waals surface area contributed by atoms with E-state index >= 15 is 0 Å². The molecule has 3 heteroatoms. The maximum Gasteiger partial charge on any atom is 0.0946 e. The molecule has 2 aromatic rings. The first kappa shape index (κ1) is 12.8. The van der Waals surface area contributed by atoms with Gasteiger partial charge in [0.15, 0.2) is 0 Å². The van der Waals surface area contributed by atoms with E-state index in [4.69, 9.17) is 0 Å². The fourth-order valence-corrected chi connectivity index (χ4v) is 2.20. The topological polar surface area (TPSA) is 29.9 Å². The van der Waals surface area contributed by atoms with Crippen LogP contribution in [0, 0.1) is 0 Å². The first-order valence-corrected chi connectivity index (χ1v) is 6.46. The number of benzene rings is 1. The summed E-state index contributed by atoms with van der Waals surface area (Å²) in [6, 6.07) is 9.18. The molecule has 0 fully saturated rings. The Morgan fingerprint density at radius 1 is 1.22 bits per heavy atom. The molecule has 1 atom stereocenters. The first-order valence-electron chi connectivity index (χ1n) is 6.46. The Kier molecular flexibility index (Phi) is 4.15. The van der Waals surface area contributed by atoms with Gasteiger partial charge in [-0.05, 0) is 31.0 Å². The van der Waals surface area contributed by atoms with E-state index in [9.17, 15) is 0 Å². The highest BCUT2D eigenvalue weighted by atomic mass is 15.1. The summed E-state index contributed by atoms with van der Waals surface area (Å²) >= 11 is 0. The predicted molar refractivity (Wildman–Crippen MR) is 74.5 cm³/mol. The van der Waals surface area contributed by atoms with Crippen LogP contribution in [0.2, 0.25) is 0 Å². The highest BCUT2D eigenvalue weighted by Crippen LogP contribution is 2.17. The molecule has 0 spiro atoms. The van der Waals surface area contributed by atoms with Crippen molar-refractivity contribution in [2.24, 2.45) is 7.05 Å². The van der Waals surface area contributed by atoms with E-state index in [2.05, 4.69) is 46.1 Å². The molecular formula is C15H21N3. The second kappa shape index (κ2) is 5.83. The molecular weight excluding hydrogens is 222 g/mol. The number of imidazole rings is 1. The minimum Gasteiger partial charge on any atom is -0.336 e. The largest absolute Gasteiger partial charge is 0.336 e. The fourth-order valence-electron chi connectivity index (χ4n) is 2.20. The smallest absolute Gasteiger partial charge is 0.0946 e. The summed E-state index contributed by atoms with van der Waals surface area (Å²) in [5, 5.41) is 3.36. The third kappa shape index (κ3) is 2.79. The standard InChI is InChI=1S/C15H21N3/c1-4-12-5-7-13(8-6-12)9-14(16-2)15-10-17-11-18(15)3/h5-8,10-11,14,16H,4,9H2,1-3H3. The van der Waals surface area contributed by atoms with Crippen molar-refractivity contribution in [3.63, 3.8) is 0 Å². The highest BCUT2D eigenvalue weighted by Gasteiger charge is 2.13. The number of likely N-dealkylation sites (N-methyl/N-ethyl adjacent to an activating group) is 1. The number of hydrogen-bond acceptors (Lipinski definition) is 2. The zero-order chi connectivity index (χ0) is 13.0. The molecule has 1 aromatic carbocycles. The van der Waals surface area contributed by atoms with E-state index in [0.29, 0.717) is 6.04 Å². The van der Waals surface area contributed by atoms with E-state index in [1.165, 1.54) is 16.8 Å². The van der Waals surface area contributed by atoms with Gasteiger partial charge in [0.05, 0.1) is 18.1 Å². The van der Waals surface area contributed by atoms with Crippen molar-refractivity contribution in [1.29, 1.82) is 0 Å². The zero-order valence-corrected chi connectivity index (χ0v) is 11.4. The van der Waals surface area contributed by atoms with Crippen molar-refractivity contribution >= 4 is 0 Å². The summed E-state index contributed by atoms with van der Waals surface area (Å²) in [4.78, 5) is 4.18. The van der Waals surface area contributed by atoms with Crippen LogP contribution in [0.1, 0.15) is 29.8 Å². The summed E-state index contributed by atoms with van der Waals surface area (Å²) in [5.41, 5.74) is 3.96. The van der Waals surface area contributed by atoms with Crippen LogP contribution >= 0.6 is 0 Å². The predicted octanol–water partition coefficient (Wildman–Crippen LogP) is 2.49. The van der Waals surface area contributed by atoms with Gasteiger partial charge >= 0.3 is 0 Å². The molecule has 3 nitrogen and oxygen atoms in total. The van der Waals surface area contributed by atoms with Gasteiger partial charge in [-0.1, -0.05) is 31.2 Å². The summed E-state index contributed by atoms with van der Waals surface area (Å²) in [5.74, 6) is 0. The van der Waals surface area contributed by atoms with Crippen molar-refractivity contribution in [1.82, 2.24) is 14.9 Å². The van der Waals surface area contributed by atoms with E-state index in [-0.39, 0.29) is 0 Å². The van der Waals surface area contributed by atoms with Gasteiger partial charge in [-0.2, -0.15) is 0 Å². The van der Waals surface area contributed by atoms with E-state index < -0.39 is 0 Å². The number of hydrogen-bond donors (Lipinski definition) is 1. The Bertz CT molecular complexity index is 485. The second-order valence-electron chi connectivity index (χ2n) is 4.64. The minimum absolute atomic E-state index is 0.310. The fraction of sp³-hybridized carbons (Fsp3) is 0.400. The highest BCUT2D eigenvalue weighted by molar-refractivity contribution is 5.24. The van der Waals surface area contributed by atoms with Crippen LogP contribution in [0.25, 0.3) is 0 Å². The average Bonchev–Trinajstić information content (AvgIpc) is 2.83. The molecule has 0 amide bonds. The Labute approximate surface area is 109 Å². The molecule has 96 valence electrons. The molecule has 0 aliphatic heterocycles. The Morgan fingerprint density at radius 3 is 2.39 bits per heavy atom. The molecule has 18 heavy (non-hydrogen) atoms. The first-order chi connectivity index (χ1) is 8.74. The van der Waals surface area contributed by atoms with Crippen LogP contribution in [-0.2, 0) is 19.9 Å². The van der Waals surface area contributed by atoms with Gasteiger partial charge in [0.25, 0.3) is 0 Å². The minimum atomic E-state index is 0.310. The summed E-state index contributed by atoms with van der Waals surface area (Å²) in [6.45, 7) is 2.18. The summed E-state index contributed by atoms with van der Waals surface area (Å²) in [7, 11) is 4.03. The normalized spacial score (nSPS) is 12.6. The third-order valence-corrected chi connectivity index (χ3v) is 3.43. The Hall–Kier alpha value is -1.61. The number of nitrogens with zero attached hydrogens (tertiary/aromatic N) is 2. The third-order valence-electron chi connectivity index (χ3n) is 3.43. The molecule has 1 N–H and O–H groups in total. The van der Waals surface area contributed by atoms with E-state index in [0.717, 1.165) is 12.8 Å². The van der Waals surface area contributed by atoms with E-state index in [1.807, 2.05) is 26.6 Å². The molecule has 1 unspecified atom stereocenters. The molecule has 0 aliphatic carbocycles. The summed E-state index contributed by atoms with van der Waals surface area (Å²) in [6.07, 6.45) is 5.86. The molecule has 0 saturated heterocycles. The molecule has 0 bridgehead atoms. The van der Waals surface area contributed by atoms with Crippen molar-refractivity contribution in [2.75, 3.05) is 7.05 Å². The van der Waals surface area contributed by atoms with Crippen molar-refractivity contribution < 1.29 is 0 Å². The van der Waals surface area contributed by atoms with Crippen LogP contribution in [0.5, 0.6) is 0 Å². The van der Waals surface area contributed by atoms with E-state index in [1.54, 1.807) is 0 Å². The van der Waals surface area contributed by atoms with Crippen molar-refractivity contribution in [3.05, 3.63) is 53.6 Å². The molecule has 1 aromatic heterocycles. The number of aromatic nitrogens is 2. The van der Waals surface area contributed by atoms with Gasteiger partial charge in [-0.15, -0.1) is 0 Å². The quantitative estimate of drug-likeness (QED) is 0.874. The van der Waals surface area contributed by atoms with Crippen LogP contribution in [0.15, 0.2) is 36.8 Å². The lowest BCUT2D eigenvalue weighted by Crippen LogP contribution is -2.21.